The molecule has 0 spiro atoms. The van der Waals surface area contributed by atoms with Gasteiger partial charge in [0.25, 0.3) is 0 Å². The topological polar surface area (TPSA) is 12.0 Å². The van der Waals surface area contributed by atoms with Crippen LogP contribution in [0.1, 0.15) is 41.0 Å². The molecule has 0 bridgehead atoms. The summed E-state index contributed by atoms with van der Waals surface area (Å²) in [5.74, 6) is -0.102. The number of rotatable bonds is 5. The van der Waals surface area contributed by atoms with Crippen LogP contribution in [0.25, 0.3) is 0 Å². The Morgan fingerprint density at radius 2 is 1.90 bits per heavy atom. The van der Waals surface area contributed by atoms with Crippen LogP contribution >= 0.6 is 27.3 Å². The van der Waals surface area contributed by atoms with Crippen molar-refractivity contribution in [3.8, 4) is 0 Å². The van der Waals surface area contributed by atoms with Gasteiger partial charge in [-0.1, -0.05) is 19.1 Å². The average Bonchev–Trinajstić information content (AvgIpc) is 2.83. The van der Waals surface area contributed by atoms with Crippen LogP contribution in [-0.4, -0.2) is 6.54 Å². The summed E-state index contributed by atoms with van der Waals surface area (Å²) in [7, 11) is 0. The summed E-state index contributed by atoms with van der Waals surface area (Å²) in [4.78, 5) is 1.25. The zero-order valence-electron chi connectivity index (χ0n) is 12.0. The van der Waals surface area contributed by atoms with E-state index in [1.54, 1.807) is 11.3 Å². The molecular weight excluding hydrogens is 337 g/mol. The van der Waals surface area contributed by atoms with Gasteiger partial charge in [-0.3, -0.25) is 0 Å². The summed E-state index contributed by atoms with van der Waals surface area (Å²) < 4.78 is 14.9. The minimum Gasteiger partial charge on any atom is -0.306 e. The standard InChI is InChI=1S/C16H19BrFNS/c1-4-7-19-16(13-5-6-14(17)20-13)12-8-10(2)15(18)11(3)9-12/h5-6,8-9,16,19H,4,7H2,1-3H3. The first-order valence-corrected chi connectivity index (χ1v) is 8.39. The van der Waals surface area contributed by atoms with Crippen molar-refractivity contribution in [3.63, 3.8) is 0 Å². The van der Waals surface area contributed by atoms with Crippen LogP contribution in [0.3, 0.4) is 0 Å². The van der Waals surface area contributed by atoms with E-state index >= 15 is 0 Å². The number of halogens is 2. The zero-order chi connectivity index (χ0) is 14.7. The van der Waals surface area contributed by atoms with Gasteiger partial charge in [0.2, 0.25) is 0 Å². The fourth-order valence-electron chi connectivity index (χ4n) is 2.30. The maximum Gasteiger partial charge on any atom is 0.129 e. The Kier molecular flexibility index (Phi) is 5.35. The van der Waals surface area contributed by atoms with Gasteiger partial charge in [0.1, 0.15) is 5.82 Å². The predicted molar refractivity (Wildman–Crippen MR) is 88.0 cm³/mol. The van der Waals surface area contributed by atoms with E-state index in [1.165, 1.54) is 4.88 Å². The molecule has 1 atom stereocenters. The van der Waals surface area contributed by atoms with Crippen molar-refractivity contribution in [1.82, 2.24) is 5.32 Å². The number of benzene rings is 1. The molecule has 0 radical (unpaired) electrons. The maximum absolute atomic E-state index is 13.8. The van der Waals surface area contributed by atoms with Crippen molar-refractivity contribution >= 4 is 27.3 Å². The second kappa shape index (κ2) is 6.83. The highest BCUT2D eigenvalue weighted by Gasteiger charge is 2.17. The summed E-state index contributed by atoms with van der Waals surface area (Å²) >= 11 is 5.23. The lowest BCUT2D eigenvalue weighted by Crippen LogP contribution is -2.22. The first-order chi connectivity index (χ1) is 9.52. The SMILES string of the molecule is CCCNC(c1cc(C)c(F)c(C)c1)c1ccc(Br)s1. The van der Waals surface area contributed by atoms with E-state index in [-0.39, 0.29) is 11.9 Å². The van der Waals surface area contributed by atoms with Gasteiger partial charge in [0.15, 0.2) is 0 Å². The first kappa shape index (κ1) is 15.7. The normalized spacial score (nSPS) is 12.7. The fraction of sp³-hybridized carbons (Fsp3) is 0.375. The Hall–Kier alpha value is -0.710. The van der Waals surface area contributed by atoms with Crippen molar-refractivity contribution in [2.45, 2.75) is 33.2 Å². The van der Waals surface area contributed by atoms with E-state index < -0.39 is 0 Å². The van der Waals surface area contributed by atoms with Gasteiger partial charge in [-0.05, 0) is 71.6 Å². The Balaban J connectivity index is 2.40. The Labute approximate surface area is 132 Å². The van der Waals surface area contributed by atoms with Crippen molar-refractivity contribution in [2.75, 3.05) is 6.54 Å². The molecule has 2 rings (SSSR count). The molecule has 1 N–H and O–H groups in total. The third-order valence-electron chi connectivity index (χ3n) is 3.27. The number of nitrogens with one attached hydrogen (secondary N) is 1. The van der Waals surface area contributed by atoms with Crippen LogP contribution < -0.4 is 5.32 Å². The number of thiophene rings is 1. The molecule has 20 heavy (non-hydrogen) atoms. The Bertz CT molecular complexity index is 571. The van der Waals surface area contributed by atoms with Crippen LogP contribution in [0.4, 0.5) is 4.39 Å². The third-order valence-corrected chi connectivity index (χ3v) is 4.96. The molecule has 4 heteroatoms. The minimum atomic E-state index is -0.102. The van der Waals surface area contributed by atoms with Gasteiger partial charge in [0.05, 0.1) is 9.83 Å². The summed E-state index contributed by atoms with van der Waals surface area (Å²) in [6, 6.07) is 8.20. The highest BCUT2D eigenvalue weighted by molar-refractivity contribution is 9.11. The summed E-state index contributed by atoms with van der Waals surface area (Å²) in [6.45, 7) is 6.74. The van der Waals surface area contributed by atoms with Gasteiger partial charge >= 0.3 is 0 Å². The Morgan fingerprint density at radius 3 is 2.40 bits per heavy atom. The van der Waals surface area contributed by atoms with Crippen molar-refractivity contribution in [3.05, 3.63) is 55.4 Å². The highest BCUT2D eigenvalue weighted by Crippen LogP contribution is 2.32. The predicted octanol–water partition coefficient (Wildman–Crippen LogP) is 5.36. The summed E-state index contributed by atoms with van der Waals surface area (Å²) in [5.41, 5.74) is 2.54. The molecule has 1 heterocycles. The molecule has 0 amide bonds. The second-order valence-corrected chi connectivity index (χ2v) is 7.49. The van der Waals surface area contributed by atoms with E-state index in [2.05, 4.69) is 40.3 Å². The molecule has 108 valence electrons. The van der Waals surface area contributed by atoms with Gasteiger partial charge < -0.3 is 5.32 Å². The molecule has 0 saturated heterocycles. The molecule has 1 unspecified atom stereocenters. The fourth-order valence-corrected chi connectivity index (χ4v) is 3.83. The van der Waals surface area contributed by atoms with Crippen LogP contribution in [0.15, 0.2) is 28.1 Å². The number of hydrogen-bond donors (Lipinski definition) is 1. The quantitative estimate of drug-likeness (QED) is 0.761. The van der Waals surface area contributed by atoms with E-state index in [4.69, 9.17) is 0 Å². The number of hydrogen-bond acceptors (Lipinski definition) is 2. The molecule has 0 aliphatic heterocycles. The van der Waals surface area contributed by atoms with E-state index in [0.717, 1.165) is 22.3 Å². The molecule has 0 aliphatic carbocycles. The summed E-state index contributed by atoms with van der Waals surface area (Å²) in [5, 5.41) is 3.56. The molecule has 0 aliphatic rings. The molecule has 1 aromatic carbocycles. The first-order valence-electron chi connectivity index (χ1n) is 6.78. The molecule has 0 fully saturated rings. The van der Waals surface area contributed by atoms with Crippen molar-refractivity contribution in [1.29, 1.82) is 0 Å². The van der Waals surface area contributed by atoms with E-state index in [0.29, 0.717) is 11.1 Å². The average molecular weight is 356 g/mol. The Morgan fingerprint density at radius 1 is 1.25 bits per heavy atom. The minimum absolute atomic E-state index is 0.102. The lowest BCUT2D eigenvalue weighted by Gasteiger charge is -2.19. The van der Waals surface area contributed by atoms with Crippen LogP contribution in [0.2, 0.25) is 0 Å². The monoisotopic (exact) mass is 355 g/mol. The van der Waals surface area contributed by atoms with E-state index in [1.807, 2.05) is 26.0 Å². The van der Waals surface area contributed by atoms with Crippen molar-refractivity contribution < 1.29 is 4.39 Å². The van der Waals surface area contributed by atoms with Crippen LogP contribution in [-0.2, 0) is 0 Å². The lowest BCUT2D eigenvalue weighted by atomic mass is 9.99. The molecule has 1 aromatic heterocycles. The second-order valence-electron chi connectivity index (χ2n) is 5.00. The van der Waals surface area contributed by atoms with Gasteiger partial charge in [-0.15, -0.1) is 11.3 Å². The molecular formula is C16H19BrFNS. The molecule has 0 saturated carbocycles. The van der Waals surface area contributed by atoms with Crippen LogP contribution in [0.5, 0.6) is 0 Å². The molecule has 2 aromatic rings. The molecule has 1 nitrogen and oxygen atoms in total. The lowest BCUT2D eigenvalue weighted by molar-refractivity contribution is 0.590. The van der Waals surface area contributed by atoms with Gasteiger partial charge in [0, 0.05) is 4.88 Å². The summed E-state index contributed by atoms with van der Waals surface area (Å²) in [6.07, 6.45) is 1.07. The van der Waals surface area contributed by atoms with Gasteiger partial charge in [-0.25, -0.2) is 4.39 Å². The van der Waals surface area contributed by atoms with E-state index in [9.17, 15) is 4.39 Å². The van der Waals surface area contributed by atoms with Gasteiger partial charge in [-0.2, -0.15) is 0 Å². The number of aryl methyl sites for hydroxylation is 2. The highest BCUT2D eigenvalue weighted by atomic mass is 79.9. The zero-order valence-corrected chi connectivity index (χ0v) is 14.4. The van der Waals surface area contributed by atoms with Crippen LogP contribution in [0, 0.1) is 19.7 Å². The third kappa shape index (κ3) is 3.48. The largest absolute Gasteiger partial charge is 0.306 e. The maximum atomic E-state index is 13.8. The van der Waals surface area contributed by atoms with Crippen molar-refractivity contribution in [2.24, 2.45) is 0 Å². The smallest absolute Gasteiger partial charge is 0.129 e.